The van der Waals surface area contributed by atoms with E-state index in [4.69, 9.17) is 14.2 Å². The van der Waals surface area contributed by atoms with E-state index < -0.39 is 0 Å². The molecule has 0 radical (unpaired) electrons. The highest BCUT2D eigenvalue weighted by atomic mass is 16.5. The first-order valence-corrected chi connectivity index (χ1v) is 11.4. The zero-order valence-electron chi connectivity index (χ0n) is 18.7. The van der Waals surface area contributed by atoms with Crippen LogP contribution in [-0.2, 0) is 11.3 Å². The Bertz CT molecular complexity index is 1180. The fourth-order valence-electron chi connectivity index (χ4n) is 4.10. The summed E-state index contributed by atoms with van der Waals surface area (Å²) in [6.45, 7) is 5.69. The van der Waals surface area contributed by atoms with Gasteiger partial charge in [-0.05, 0) is 40.1 Å². The highest BCUT2D eigenvalue weighted by molar-refractivity contribution is 5.85. The predicted molar refractivity (Wildman–Crippen MR) is 131 cm³/mol. The number of ether oxygens (including phenoxy) is 3. The molecule has 1 fully saturated rings. The molecule has 0 amide bonds. The van der Waals surface area contributed by atoms with Crippen molar-refractivity contribution >= 4 is 10.8 Å². The Balaban J connectivity index is 1.19. The molecule has 0 atom stereocenters. The topological polar surface area (TPSA) is 43.8 Å². The van der Waals surface area contributed by atoms with E-state index in [1.165, 1.54) is 10.8 Å². The first kappa shape index (κ1) is 21.4. The van der Waals surface area contributed by atoms with Crippen LogP contribution in [0.25, 0.3) is 21.9 Å². The smallest absolute Gasteiger partial charge is 0.138 e. The third-order valence-corrected chi connectivity index (χ3v) is 5.96. The molecule has 0 bridgehead atoms. The fourth-order valence-corrected chi connectivity index (χ4v) is 4.10. The number of rotatable bonds is 8. The molecule has 1 saturated heterocycles. The predicted octanol–water partition coefficient (Wildman–Crippen LogP) is 5.19. The normalized spacial score (nSPS) is 14.3. The molecule has 1 aliphatic heterocycles. The molecule has 4 aromatic rings. The van der Waals surface area contributed by atoms with E-state index in [9.17, 15) is 0 Å². The van der Waals surface area contributed by atoms with Crippen LogP contribution in [0.2, 0.25) is 0 Å². The second-order valence-electron chi connectivity index (χ2n) is 8.16. The summed E-state index contributed by atoms with van der Waals surface area (Å²) in [4.78, 5) is 6.76. The van der Waals surface area contributed by atoms with Crippen molar-refractivity contribution in [3.05, 3.63) is 90.8 Å². The molecule has 0 unspecified atom stereocenters. The molecular formula is C28H28N2O3. The molecule has 3 aromatic carbocycles. The fraction of sp³-hybridized carbons (Fsp3) is 0.250. The quantitative estimate of drug-likeness (QED) is 0.377. The minimum atomic E-state index is 0.502. The summed E-state index contributed by atoms with van der Waals surface area (Å²) in [5, 5.41) is 2.44. The van der Waals surface area contributed by atoms with Gasteiger partial charge in [-0.25, -0.2) is 0 Å². The van der Waals surface area contributed by atoms with Crippen LogP contribution in [0.3, 0.4) is 0 Å². The third-order valence-electron chi connectivity index (χ3n) is 5.96. The highest BCUT2D eigenvalue weighted by Gasteiger charge is 2.10. The molecule has 2 heterocycles. The lowest BCUT2D eigenvalue weighted by Gasteiger charge is -2.26. The largest absolute Gasteiger partial charge is 0.492 e. The summed E-state index contributed by atoms with van der Waals surface area (Å²) < 4.78 is 17.4. The number of hydrogen-bond donors (Lipinski definition) is 0. The molecule has 33 heavy (non-hydrogen) atoms. The second kappa shape index (κ2) is 10.5. The number of fused-ring (bicyclic) bond motifs is 1. The lowest BCUT2D eigenvalue weighted by molar-refractivity contribution is 0.0322. The van der Waals surface area contributed by atoms with Gasteiger partial charge in [0.15, 0.2) is 0 Å². The van der Waals surface area contributed by atoms with Gasteiger partial charge in [0, 0.05) is 31.4 Å². The maximum Gasteiger partial charge on any atom is 0.138 e. The molecule has 5 heteroatoms. The number of aromatic nitrogens is 1. The van der Waals surface area contributed by atoms with Crippen molar-refractivity contribution in [2.24, 2.45) is 0 Å². The summed E-state index contributed by atoms with van der Waals surface area (Å²) in [6.07, 6.45) is 3.62. The van der Waals surface area contributed by atoms with Crippen molar-refractivity contribution in [3.8, 4) is 22.6 Å². The molecule has 0 spiro atoms. The number of hydrogen-bond acceptors (Lipinski definition) is 5. The first-order valence-electron chi connectivity index (χ1n) is 11.4. The van der Waals surface area contributed by atoms with Crippen molar-refractivity contribution < 1.29 is 14.2 Å². The van der Waals surface area contributed by atoms with Crippen LogP contribution < -0.4 is 9.47 Å². The van der Waals surface area contributed by atoms with Crippen LogP contribution in [-0.4, -0.2) is 49.3 Å². The second-order valence-corrected chi connectivity index (χ2v) is 8.16. The molecule has 0 aliphatic carbocycles. The minimum Gasteiger partial charge on any atom is -0.492 e. The van der Waals surface area contributed by atoms with Gasteiger partial charge in [-0.2, -0.15) is 0 Å². The Morgan fingerprint density at radius 1 is 0.788 bits per heavy atom. The Hall–Kier alpha value is -3.41. The summed E-state index contributed by atoms with van der Waals surface area (Å²) in [5.74, 6) is 1.63. The number of nitrogens with zero attached hydrogens (tertiary/aromatic N) is 2. The molecule has 1 aliphatic rings. The van der Waals surface area contributed by atoms with Crippen LogP contribution in [0.15, 0.2) is 85.2 Å². The number of pyridine rings is 1. The Morgan fingerprint density at radius 3 is 2.48 bits per heavy atom. The molecule has 0 N–H and O–H groups in total. The maximum atomic E-state index is 6.10. The summed E-state index contributed by atoms with van der Waals surface area (Å²) in [7, 11) is 0. The van der Waals surface area contributed by atoms with Gasteiger partial charge in [0.1, 0.15) is 24.7 Å². The van der Waals surface area contributed by atoms with E-state index in [2.05, 4.69) is 64.5 Å². The molecule has 1 aromatic heterocycles. The van der Waals surface area contributed by atoms with Gasteiger partial charge >= 0.3 is 0 Å². The minimum absolute atomic E-state index is 0.502. The van der Waals surface area contributed by atoms with E-state index in [1.807, 2.05) is 24.4 Å². The number of benzene rings is 3. The van der Waals surface area contributed by atoms with Crippen molar-refractivity contribution in [2.45, 2.75) is 6.61 Å². The zero-order valence-corrected chi connectivity index (χ0v) is 18.7. The van der Waals surface area contributed by atoms with Gasteiger partial charge in [-0.1, -0.05) is 54.6 Å². The van der Waals surface area contributed by atoms with E-state index in [0.29, 0.717) is 13.2 Å². The van der Waals surface area contributed by atoms with E-state index >= 15 is 0 Å². The van der Waals surface area contributed by atoms with Gasteiger partial charge < -0.3 is 14.2 Å². The monoisotopic (exact) mass is 440 g/mol. The third kappa shape index (κ3) is 5.51. The Labute approximate surface area is 194 Å². The number of morpholine rings is 1. The van der Waals surface area contributed by atoms with Crippen molar-refractivity contribution in [1.82, 2.24) is 9.88 Å². The molecular weight excluding hydrogens is 412 g/mol. The van der Waals surface area contributed by atoms with Crippen LogP contribution in [0.1, 0.15) is 5.56 Å². The lowest BCUT2D eigenvalue weighted by Crippen LogP contribution is -2.38. The molecule has 0 saturated carbocycles. The van der Waals surface area contributed by atoms with Crippen LogP contribution >= 0.6 is 0 Å². The Kier molecular flexibility index (Phi) is 6.80. The van der Waals surface area contributed by atoms with Gasteiger partial charge in [-0.3, -0.25) is 9.88 Å². The van der Waals surface area contributed by atoms with Gasteiger partial charge in [0.2, 0.25) is 0 Å². The summed E-state index contributed by atoms with van der Waals surface area (Å²) >= 11 is 0. The first-order chi connectivity index (χ1) is 16.3. The average Bonchev–Trinajstić information content (AvgIpc) is 2.89. The van der Waals surface area contributed by atoms with Gasteiger partial charge in [-0.15, -0.1) is 0 Å². The van der Waals surface area contributed by atoms with Crippen molar-refractivity contribution in [2.75, 3.05) is 39.5 Å². The Morgan fingerprint density at radius 2 is 1.61 bits per heavy atom. The SMILES string of the molecule is c1ccc2c(COc3cncc(-c4ccc(OCCN5CCOCC5)cc4)c3)cccc2c1. The van der Waals surface area contributed by atoms with E-state index in [1.54, 1.807) is 6.20 Å². The molecule has 168 valence electrons. The zero-order chi connectivity index (χ0) is 22.3. The maximum absolute atomic E-state index is 6.10. The standard InChI is InChI=1S/C28H28N2O3/c1-2-7-28-23(4-1)5-3-6-24(28)21-33-27-18-25(19-29-20-27)22-8-10-26(11-9-22)32-17-14-30-12-15-31-16-13-30/h1-11,18-20H,12-17,21H2. The van der Waals surface area contributed by atoms with Gasteiger partial charge in [0.25, 0.3) is 0 Å². The summed E-state index contributed by atoms with van der Waals surface area (Å²) in [5.41, 5.74) is 3.26. The van der Waals surface area contributed by atoms with Crippen molar-refractivity contribution in [1.29, 1.82) is 0 Å². The lowest BCUT2D eigenvalue weighted by atomic mass is 10.1. The summed E-state index contributed by atoms with van der Waals surface area (Å²) in [6, 6.07) is 24.9. The van der Waals surface area contributed by atoms with Crippen LogP contribution in [0.5, 0.6) is 11.5 Å². The molecule has 5 rings (SSSR count). The van der Waals surface area contributed by atoms with E-state index in [0.717, 1.165) is 61.0 Å². The van der Waals surface area contributed by atoms with Crippen LogP contribution in [0.4, 0.5) is 0 Å². The molecule has 5 nitrogen and oxygen atoms in total. The average molecular weight is 441 g/mol. The van der Waals surface area contributed by atoms with Gasteiger partial charge in [0.05, 0.1) is 19.4 Å². The van der Waals surface area contributed by atoms with Crippen LogP contribution in [0, 0.1) is 0 Å². The van der Waals surface area contributed by atoms with Crippen molar-refractivity contribution in [3.63, 3.8) is 0 Å². The highest BCUT2D eigenvalue weighted by Crippen LogP contribution is 2.26. The van der Waals surface area contributed by atoms with E-state index in [-0.39, 0.29) is 0 Å².